The zero-order chi connectivity index (χ0) is 23.4. The van der Waals surface area contributed by atoms with Gasteiger partial charge in [0.05, 0.1) is 45.0 Å². The number of aliphatic carboxylic acids is 3. The van der Waals surface area contributed by atoms with Gasteiger partial charge in [-0.1, -0.05) is 0 Å². The largest absolute Gasteiger partial charge is 0.480 e. The molecule has 0 aromatic heterocycles. The van der Waals surface area contributed by atoms with Gasteiger partial charge in [-0.2, -0.15) is 0 Å². The summed E-state index contributed by atoms with van der Waals surface area (Å²) >= 11 is 0. The third-order valence-corrected chi connectivity index (χ3v) is 5.47. The predicted octanol–water partition coefficient (Wildman–Crippen LogP) is -3.82. The first kappa shape index (κ1) is 27.2. The highest BCUT2D eigenvalue weighted by molar-refractivity contribution is 5.69. The Balaban J connectivity index is 3.11. The molecule has 0 aliphatic carbocycles. The molecule has 0 amide bonds. The monoisotopic (exact) mass is 450 g/mol. The van der Waals surface area contributed by atoms with Crippen LogP contribution in [-0.2, 0) is 14.4 Å². The predicted molar refractivity (Wildman–Crippen MR) is 108 cm³/mol. The fourth-order valence-corrected chi connectivity index (χ4v) is 3.51. The van der Waals surface area contributed by atoms with E-state index in [0.29, 0.717) is 0 Å². The molecule has 0 bridgehead atoms. The van der Waals surface area contributed by atoms with Crippen LogP contribution in [0.25, 0.3) is 0 Å². The average Bonchev–Trinajstić information content (AvgIpc) is 2.69. The highest BCUT2D eigenvalue weighted by Gasteiger charge is 2.36. The molecule has 31 heavy (non-hydrogen) atoms. The van der Waals surface area contributed by atoms with E-state index < -0.39 is 43.3 Å². The van der Waals surface area contributed by atoms with E-state index >= 15 is 0 Å². The number of carboxylic acid groups (broad SMARTS) is 3. The average molecular weight is 450 g/mol. The number of carboxylic acids is 3. The number of rotatable bonds is 10. The molecule has 1 rings (SSSR count). The lowest BCUT2D eigenvalue weighted by Crippen LogP contribution is -2.61. The Kier molecular flexibility index (Phi) is 11.8. The Morgan fingerprint density at radius 3 is 1.03 bits per heavy atom. The van der Waals surface area contributed by atoms with Crippen LogP contribution in [0.15, 0.2) is 0 Å². The van der Waals surface area contributed by atoms with Gasteiger partial charge < -0.3 is 30.6 Å². The van der Waals surface area contributed by atoms with Crippen LogP contribution < -0.4 is 0 Å². The highest BCUT2D eigenvalue weighted by atomic mass is 16.4. The molecule has 0 saturated carbocycles. The van der Waals surface area contributed by atoms with Crippen molar-refractivity contribution in [3.05, 3.63) is 0 Å². The Morgan fingerprint density at radius 1 is 0.548 bits per heavy atom. The maximum atomic E-state index is 11.2. The minimum atomic E-state index is -1.34. The number of aliphatic hydroxyl groups excluding tert-OH is 3. The van der Waals surface area contributed by atoms with Crippen molar-refractivity contribution in [1.82, 2.24) is 19.6 Å². The number of aliphatic hydroxyl groups is 3. The lowest BCUT2D eigenvalue weighted by molar-refractivity contribution is -0.141. The Bertz CT molecular complexity index is 548. The van der Waals surface area contributed by atoms with Gasteiger partial charge in [0, 0.05) is 52.4 Å². The first-order valence-electron chi connectivity index (χ1n) is 10.1. The number of hydrogen-bond donors (Lipinski definition) is 6. The first-order chi connectivity index (χ1) is 14.7. The normalized spacial score (nSPS) is 19.5. The smallest absolute Gasteiger partial charge is 0.317 e. The SMILES string of the molecule is O=C(O)CN1CCN(CC(=O)O)CCN(C(CO)(CO)CO)CCN(CC(=O)O)CC1. The van der Waals surface area contributed by atoms with Gasteiger partial charge in [0.15, 0.2) is 0 Å². The van der Waals surface area contributed by atoms with E-state index in [2.05, 4.69) is 0 Å². The Morgan fingerprint density at radius 2 is 0.806 bits per heavy atom. The Hall–Kier alpha value is -1.87. The van der Waals surface area contributed by atoms with Crippen molar-refractivity contribution in [2.75, 3.05) is 91.8 Å². The molecule has 6 N–H and O–H groups in total. The van der Waals surface area contributed by atoms with Crippen LogP contribution >= 0.6 is 0 Å². The van der Waals surface area contributed by atoms with Crippen molar-refractivity contribution >= 4 is 17.9 Å². The number of hydrogen-bond acceptors (Lipinski definition) is 10. The fourth-order valence-electron chi connectivity index (χ4n) is 3.51. The molecule has 0 aromatic carbocycles. The fraction of sp³-hybridized carbons (Fsp3) is 0.833. The van der Waals surface area contributed by atoms with Gasteiger partial charge in [0.2, 0.25) is 0 Å². The molecule has 0 radical (unpaired) electrons. The van der Waals surface area contributed by atoms with Crippen molar-refractivity contribution < 1.29 is 45.0 Å². The summed E-state index contributed by atoms with van der Waals surface area (Å²) in [4.78, 5) is 40.2. The second kappa shape index (κ2) is 13.5. The molecule has 0 unspecified atom stereocenters. The molecular weight excluding hydrogens is 416 g/mol. The van der Waals surface area contributed by atoms with Crippen molar-refractivity contribution in [2.45, 2.75) is 5.54 Å². The summed E-state index contributed by atoms with van der Waals surface area (Å²) in [7, 11) is 0. The molecular formula is C18H34N4O9. The van der Waals surface area contributed by atoms with Crippen molar-refractivity contribution in [3.8, 4) is 0 Å². The van der Waals surface area contributed by atoms with Gasteiger partial charge in [-0.15, -0.1) is 0 Å². The molecule has 0 aromatic rings. The van der Waals surface area contributed by atoms with E-state index in [1.54, 1.807) is 19.6 Å². The van der Waals surface area contributed by atoms with Gasteiger partial charge in [0.1, 0.15) is 0 Å². The van der Waals surface area contributed by atoms with E-state index in [1.165, 1.54) is 0 Å². The lowest BCUT2D eigenvalue weighted by Gasteiger charge is -2.42. The number of carbonyl (C=O) groups is 3. The topological polar surface area (TPSA) is 186 Å². The molecule has 1 aliphatic heterocycles. The standard InChI is InChI=1S/C18H34N4O9/c23-12-18(13-24,14-25)22-7-5-20(10-16(28)29)3-1-19(9-15(26)27)2-4-21(6-8-22)11-17(30)31/h23-25H,1-14H2,(H,26,27)(H,28,29)(H,30,31). The van der Waals surface area contributed by atoms with Gasteiger partial charge in [0.25, 0.3) is 0 Å². The molecule has 13 nitrogen and oxygen atoms in total. The van der Waals surface area contributed by atoms with Gasteiger partial charge in [-0.05, 0) is 0 Å². The van der Waals surface area contributed by atoms with E-state index in [1.807, 2.05) is 0 Å². The summed E-state index contributed by atoms with van der Waals surface area (Å²) in [6.07, 6.45) is 0. The lowest BCUT2D eigenvalue weighted by atomic mass is 10.00. The zero-order valence-electron chi connectivity index (χ0n) is 17.6. The number of nitrogens with zero attached hydrogens (tertiary/aromatic N) is 4. The van der Waals surface area contributed by atoms with Crippen LogP contribution in [-0.4, -0.2) is 165 Å². The maximum absolute atomic E-state index is 11.2. The molecule has 1 saturated heterocycles. The summed E-state index contributed by atoms with van der Waals surface area (Å²) in [6, 6.07) is 0. The summed E-state index contributed by atoms with van der Waals surface area (Å²) in [5.74, 6) is -3.13. The van der Waals surface area contributed by atoms with Crippen LogP contribution in [0.4, 0.5) is 0 Å². The van der Waals surface area contributed by atoms with Crippen LogP contribution in [0.3, 0.4) is 0 Å². The molecule has 1 fully saturated rings. The van der Waals surface area contributed by atoms with Gasteiger partial charge >= 0.3 is 17.9 Å². The van der Waals surface area contributed by atoms with Gasteiger partial charge in [-0.25, -0.2) is 0 Å². The molecule has 1 aliphatic rings. The second-order valence-electron chi connectivity index (χ2n) is 7.70. The third kappa shape index (κ3) is 9.43. The van der Waals surface area contributed by atoms with E-state index in [9.17, 15) is 39.9 Å². The summed E-state index contributed by atoms with van der Waals surface area (Å²) in [5, 5.41) is 57.0. The molecule has 13 heteroatoms. The van der Waals surface area contributed by atoms with Crippen LogP contribution in [0.1, 0.15) is 0 Å². The van der Waals surface area contributed by atoms with Crippen LogP contribution in [0, 0.1) is 0 Å². The first-order valence-corrected chi connectivity index (χ1v) is 10.1. The molecule has 0 spiro atoms. The quantitative estimate of drug-likeness (QED) is 0.190. The Labute approximate surface area is 180 Å². The minimum absolute atomic E-state index is 0.203. The van der Waals surface area contributed by atoms with E-state index in [4.69, 9.17) is 5.11 Å². The third-order valence-electron chi connectivity index (χ3n) is 5.47. The van der Waals surface area contributed by atoms with Crippen LogP contribution in [0.2, 0.25) is 0 Å². The minimum Gasteiger partial charge on any atom is -0.480 e. The van der Waals surface area contributed by atoms with Crippen molar-refractivity contribution in [2.24, 2.45) is 0 Å². The zero-order valence-corrected chi connectivity index (χ0v) is 17.6. The van der Waals surface area contributed by atoms with Gasteiger partial charge in [-0.3, -0.25) is 34.0 Å². The summed E-state index contributed by atoms with van der Waals surface area (Å²) in [5.41, 5.74) is -1.34. The van der Waals surface area contributed by atoms with Crippen LogP contribution in [0.5, 0.6) is 0 Å². The van der Waals surface area contributed by atoms with E-state index in [0.717, 1.165) is 0 Å². The summed E-state index contributed by atoms with van der Waals surface area (Å²) < 4.78 is 0. The van der Waals surface area contributed by atoms with Crippen molar-refractivity contribution in [3.63, 3.8) is 0 Å². The molecule has 0 atom stereocenters. The van der Waals surface area contributed by atoms with Crippen molar-refractivity contribution in [1.29, 1.82) is 0 Å². The summed E-state index contributed by atoms with van der Waals surface area (Å²) in [6.45, 7) is -0.486. The highest BCUT2D eigenvalue weighted by Crippen LogP contribution is 2.15. The second-order valence-corrected chi connectivity index (χ2v) is 7.70. The molecule has 180 valence electrons. The van der Waals surface area contributed by atoms with E-state index in [-0.39, 0.29) is 72.0 Å². The molecule has 1 heterocycles. The maximum Gasteiger partial charge on any atom is 0.317 e.